The molecule has 0 fully saturated rings. The third kappa shape index (κ3) is 6.10. The fourth-order valence-electron chi connectivity index (χ4n) is 11.1. The van der Waals surface area contributed by atoms with E-state index in [0.717, 1.165) is 77.5 Å². The van der Waals surface area contributed by atoms with E-state index in [9.17, 15) is 0 Å². The lowest BCUT2D eigenvalue weighted by atomic mass is 10.00. The summed E-state index contributed by atoms with van der Waals surface area (Å²) in [6.45, 7) is 2.15. The highest BCUT2D eigenvalue weighted by atomic mass is 32.1. The molecule has 6 nitrogen and oxygen atoms in total. The van der Waals surface area contributed by atoms with Crippen molar-refractivity contribution in [2.24, 2.45) is 0 Å². The van der Waals surface area contributed by atoms with Crippen molar-refractivity contribution >= 4 is 97.1 Å². The Balaban J connectivity index is 1.04. The number of fused-ring (bicyclic) bond motifs is 12. The minimum absolute atomic E-state index is 0.559. The third-order valence-electron chi connectivity index (χ3n) is 14.3. The molecule has 5 heterocycles. The quantitative estimate of drug-likeness (QED) is 0.167. The van der Waals surface area contributed by atoms with E-state index in [1.165, 1.54) is 53.0 Å². The van der Waals surface area contributed by atoms with Gasteiger partial charge in [0.1, 0.15) is 11.2 Å². The Labute approximate surface area is 411 Å². The molecular weight excluding hydrogens is 887 g/mol. The minimum atomic E-state index is 0.559. The molecule has 0 aliphatic heterocycles. The lowest BCUT2D eigenvalue weighted by Crippen LogP contribution is -2.03. The molecule has 10 aromatic carbocycles. The Bertz CT molecular complexity index is 4580. The zero-order chi connectivity index (χ0) is 46.7. The number of thiophene rings is 1. The first-order valence-electron chi connectivity index (χ1n) is 23.9. The van der Waals surface area contributed by atoms with Crippen LogP contribution in [0.5, 0.6) is 0 Å². The number of benzene rings is 10. The molecule has 0 N–H and O–H groups in total. The molecule has 0 atom stereocenters. The molecule has 15 aromatic rings. The van der Waals surface area contributed by atoms with Gasteiger partial charge in [-0.2, -0.15) is 0 Å². The second-order valence-corrected chi connectivity index (χ2v) is 19.5. The van der Waals surface area contributed by atoms with Crippen molar-refractivity contribution in [3.63, 3.8) is 0 Å². The van der Waals surface area contributed by atoms with Gasteiger partial charge in [0.2, 0.25) is 0 Å². The Hall–Kier alpha value is -9.17. The van der Waals surface area contributed by atoms with Gasteiger partial charge in [-0.05, 0) is 96.4 Å². The molecule has 0 aliphatic rings. The normalized spacial score (nSPS) is 12.0. The summed E-state index contributed by atoms with van der Waals surface area (Å²) in [7, 11) is 0. The Morgan fingerprint density at radius 1 is 0.380 bits per heavy atom. The van der Waals surface area contributed by atoms with Gasteiger partial charge in [0.15, 0.2) is 17.5 Å². The Morgan fingerprint density at radius 2 is 0.915 bits per heavy atom. The van der Waals surface area contributed by atoms with Gasteiger partial charge in [-0.1, -0.05) is 146 Å². The second-order valence-electron chi connectivity index (χ2n) is 18.4. The van der Waals surface area contributed by atoms with E-state index in [1.54, 1.807) is 0 Å². The lowest BCUT2D eigenvalue weighted by molar-refractivity contribution is 0.669. The number of nitrogens with zero attached hydrogens (tertiary/aromatic N) is 5. The van der Waals surface area contributed by atoms with Gasteiger partial charge in [-0.15, -0.1) is 11.3 Å². The van der Waals surface area contributed by atoms with Crippen LogP contribution in [0.1, 0.15) is 5.56 Å². The molecule has 332 valence electrons. The SMILES string of the molecule is Cc1cc(-n2c3ccc(-c4ccc5sc6ccccc6c5c4)cc3c3cc4c(cc32)c2ccccc2n4-c2ccccc2)c2c(oc3ccccc32)c1-c1nc(-c2ccccc2)nc(-c2ccccc2)n1. The Kier molecular flexibility index (Phi) is 8.64. The van der Waals surface area contributed by atoms with E-state index in [1.807, 2.05) is 78.1 Å². The number of hydrogen-bond donors (Lipinski definition) is 0. The van der Waals surface area contributed by atoms with Crippen LogP contribution >= 0.6 is 11.3 Å². The van der Waals surface area contributed by atoms with Gasteiger partial charge < -0.3 is 13.6 Å². The van der Waals surface area contributed by atoms with Crippen LogP contribution in [0.4, 0.5) is 0 Å². The highest BCUT2D eigenvalue weighted by Crippen LogP contribution is 2.47. The van der Waals surface area contributed by atoms with Crippen molar-refractivity contribution in [2.45, 2.75) is 6.92 Å². The fourth-order valence-corrected chi connectivity index (χ4v) is 12.1. The largest absolute Gasteiger partial charge is 0.455 e. The first-order chi connectivity index (χ1) is 35.1. The summed E-state index contributed by atoms with van der Waals surface area (Å²) in [6.07, 6.45) is 0. The Morgan fingerprint density at radius 3 is 1.66 bits per heavy atom. The van der Waals surface area contributed by atoms with Crippen LogP contribution in [0.3, 0.4) is 0 Å². The molecule has 0 radical (unpaired) electrons. The molecule has 5 aromatic heterocycles. The predicted octanol–water partition coefficient (Wildman–Crippen LogP) is 17.3. The summed E-state index contributed by atoms with van der Waals surface area (Å²) >= 11 is 1.85. The lowest BCUT2D eigenvalue weighted by Gasteiger charge is -2.15. The standard InChI is InChI=1S/C64H39N5OS/c1-38-33-55(60-46-25-12-15-27-56(46)70-61(60)59(38)64-66-62(39-17-5-2-6-18-39)65-63(67-64)40-19-7-3-8-20-40)69-52-31-29-41(42-30-32-58-50(35-42)45-24-13-16-28-57(45)71-58)34-47(52)49-37-53-48(36-54(49)69)44-23-11-14-26-51(44)68(53)43-21-9-4-10-22-43/h2-37H,1H3. The van der Waals surface area contributed by atoms with E-state index >= 15 is 0 Å². The second kappa shape index (κ2) is 15.4. The maximum atomic E-state index is 7.07. The molecule has 71 heavy (non-hydrogen) atoms. The maximum Gasteiger partial charge on any atom is 0.168 e. The first-order valence-corrected chi connectivity index (χ1v) is 24.7. The van der Waals surface area contributed by atoms with Crippen LogP contribution in [0.25, 0.3) is 142 Å². The number of aromatic nitrogens is 5. The smallest absolute Gasteiger partial charge is 0.168 e. The summed E-state index contributed by atoms with van der Waals surface area (Å²) in [4.78, 5) is 15.5. The van der Waals surface area contributed by atoms with Crippen molar-refractivity contribution in [3.8, 4) is 56.7 Å². The van der Waals surface area contributed by atoms with E-state index in [0.29, 0.717) is 17.5 Å². The average molecular weight is 926 g/mol. The highest BCUT2D eigenvalue weighted by Gasteiger charge is 2.26. The van der Waals surface area contributed by atoms with Crippen molar-refractivity contribution < 1.29 is 4.42 Å². The molecule has 0 saturated heterocycles. The van der Waals surface area contributed by atoms with Crippen molar-refractivity contribution in [1.29, 1.82) is 0 Å². The zero-order valence-electron chi connectivity index (χ0n) is 38.3. The van der Waals surface area contributed by atoms with Crippen molar-refractivity contribution in [1.82, 2.24) is 24.1 Å². The molecule has 0 saturated carbocycles. The molecule has 0 spiro atoms. The molecule has 15 rings (SSSR count). The van der Waals surface area contributed by atoms with Crippen molar-refractivity contribution in [3.05, 3.63) is 224 Å². The molecule has 7 heteroatoms. The van der Waals surface area contributed by atoms with Gasteiger partial charge in [-0.25, -0.2) is 15.0 Å². The minimum Gasteiger partial charge on any atom is -0.455 e. The van der Waals surface area contributed by atoms with Gasteiger partial charge >= 0.3 is 0 Å². The number of furan rings is 1. The topological polar surface area (TPSA) is 61.7 Å². The van der Waals surface area contributed by atoms with Crippen LogP contribution in [-0.4, -0.2) is 24.1 Å². The van der Waals surface area contributed by atoms with Crippen LogP contribution in [0.2, 0.25) is 0 Å². The molecule has 0 amide bonds. The number of hydrogen-bond acceptors (Lipinski definition) is 5. The van der Waals surface area contributed by atoms with E-state index in [4.69, 9.17) is 19.4 Å². The van der Waals surface area contributed by atoms with E-state index < -0.39 is 0 Å². The molecule has 0 unspecified atom stereocenters. The maximum absolute atomic E-state index is 7.07. The summed E-state index contributed by atoms with van der Waals surface area (Å²) in [5, 5.41) is 9.31. The van der Waals surface area contributed by atoms with Gasteiger partial charge in [0.05, 0.1) is 38.7 Å². The predicted molar refractivity (Wildman–Crippen MR) is 295 cm³/mol. The number of rotatable bonds is 6. The van der Waals surface area contributed by atoms with Crippen molar-refractivity contribution in [2.75, 3.05) is 0 Å². The van der Waals surface area contributed by atoms with Crippen LogP contribution in [0.15, 0.2) is 223 Å². The fraction of sp³-hybridized carbons (Fsp3) is 0.0156. The number of para-hydroxylation sites is 3. The molecule has 0 bridgehead atoms. The van der Waals surface area contributed by atoms with Crippen LogP contribution in [0, 0.1) is 6.92 Å². The van der Waals surface area contributed by atoms with Gasteiger partial charge in [-0.3, -0.25) is 0 Å². The van der Waals surface area contributed by atoms with Gasteiger partial charge in [0, 0.05) is 63.9 Å². The molecule has 0 aliphatic carbocycles. The van der Waals surface area contributed by atoms with E-state index in [2.05, 4.69) is 168 Å². The van der Waals surface area contributed by atoms with Crippen LogP contribution in [-0.2, 0) is 0 Å². The number of aryl methyl sites for hydroxylation is 1. The van der Waals surface area contributed by atoms with E-state index in [-0.39, 0.29) is 0 Å². The van der Waals surface area contributed by atoms with Gasteiger partial charge in [0.25, 0.3) is 0 Å². The van der Waals surface area contributed by atoms with Crippen LogP contribution < -0.4 is 0 Å². The summed E-state index contributed by atoms with van der Waals surface area (Å²) < 4.78 is 14.6. The monoisotopic (exact) mass is 925 g/mol. The summed E-state index contributed by atoms with van der Waals surface area (Å²) in [5.74, 6) is 1.76. The average Bonchev–Trinajstić information content (AvgIpc) is 4.18. The first kappa shape index (κ1) is 39.8. The summed E-state index contributed by atoms with van der Waals surface area (Å²) in [5.41, 5.74) is 14.2. The third-order valence-corrected chi connectivity index (χ3v) is 15.4. The summed E-state index contributed by atoms with van der Waals surface area (Å²) in [6, 6.07) is 78.0. The highest BCUT2D eigenvalue weighted by molar-refractivity contribution is 7.25. The zero-order valence-corrected chi connectivity index (χ0v) is 39.2. The molecular formula is C64H39N5OS.